The molecule has 1 aromatic heterocycles. The maximum absolute atomic E-state index is 6.10. The van der Waals surface area contributed by atoms with Crippen molar-refractivity contribution in [3.8, 4) is 11.4 Å². The fourth-order valence-electron chi connectivity index (χ4n) is 3.02. The molecule has 1 atom stereocenters. The van der Waals surface area contributed by atoms with Gasteiger partial charge in [0.2, 0.25) is 0 Å². The second-order valence-corrected chi connectivity index (χ2v) is 6.49. The van der Waals surface area contributed by atoms with E-state index in [-0.39, 0.29) is 5.41 Å². The highest BCUT2D eigenvalue weighted by atomic mass is 35.5. The second-order valence-electron chi connectivity index (χ2n) is 6.08. The third-order valence-corrected chi connectivity index (χ3v) is 4.57. The Hall–Kier alpha value is -1.62. The molecule has 0 bridgehead atoms. The van der Waals surface area contributed by atoms with Crippen LogP contribution in [0.5, 0.6) is 0 Å². The third kappa shape index (κ3) is 2.16. The van der Waals surface area contributed by atoms with Gasteiger partial charge in [-0.3, -0.25) is 0 Å². The molecule has 106 valence electrons. The molecule has 1 aromatic carbocycles. The monoisotopic (exact) mass is 291 g/mol. The lowest BCUT2D eigenvalue weighted by Gasteiger charge is -2.27. The van der Waals surface area contributed by atoms with Crippen molar-refractivity contribution in [3.05, 3.63) is 23.2 Å². The van der Waals surface area contributed by atoms with Crippen molar-refractivity contribution in [3.63, 3.8) is 0 Å². The maximum atomic E-state index is 6.10. The smallest absolute Gasteiger partial charge is 0.182 e. The zero-order chi connectivity index (χ0) is 14.3. The first-order valence-electron chi connectivity index (χ1n) is 6.82. The molecule has 1 fully saturated rings. The Morgan fingerprint density at radius 1 is 1.40 bits per heavy atom. The van der Waals surface area contributed by atoms with E-state index in [1.807, 2.05) is 16.8 Å². The van der Waals surface area contributed by atoms with Crippen LogP contribution in [-0.4, -0.2) is 20.2 Å². The second kappa shape index (κ2) is 4.74. The number of halogens is 1. The third-order valence-electron chi connectivity index (χ3n) is 4.25. The average molecular weight is 292 g/mol. The highest BCUT2D eigenvalue weighted by molar-refractivity contribution is 6.33. The number of nitrogens with zero attached hydrogens (tertiary/aromatic N) is 4. The predicted molar refractivity (Wildman–Crippen MR) is 79.3 cm³/mol. The molecule has 20 heavy (non-hydrogen) atoms. The standard InChI is InChI=1S/C14H18ClN5/c1-14(2)7-3-4-12(14)20-13(17-18-19-20)9-5-6-11(16)10(15)8-9/h5-6,8,12H,3-4,7,16H2,1-2H3. The Labute approximate surface area is 123 Å². The number of hydrogen-bond donors (Lipinski definition) is 1. The van der Waals surface area contributed by atoms with Gasteiger partial charge in [0.1, 0.15) is 0 Å². The number of nitrogens with two attached hydrogens (primary N) is 1. The molecule has 3 rings (SSSR count). The number of benzene rings is 1. The molecule has 1 aliphatic rings. The van der Waals surface area contributed by atoms with Crippen molar-refractivity contribution in [2.75, 3.05) is 5.73 Å². The summed E-state index contributed by atoms with van der Waals surface area (Å²) in [5.41, 5.74) is 7.43. The lowest BCUT2D eigenvalue weighted by molar-refractivity contribution is 0.242. The Morgan fingerprint density at radius 3 is 2.85 bits per heavy atom. The first-order valence-corrected chi connectivity index (χ1v) is 7.20. The summed E-state index contributed by atoms with van der Waals surface area (Å²) in [6, 6.07) is 5.84. The molecule has 0 amide bonds. The van der Waals surface area contributed by atoms with Crippen LogP contribution in [0.4, 0.5) is 5.69 Å². The van der Waals surface area contributed by atoms with Gasteiger partial charge in [0.15, 0.2) is 5.82 Å². The van der Waals surface area contributed by atoms with Crippen LogP contribution in [0.2, 0.25) is 5.02 Å². The van der Waals surface area contributed by atoms with E-state index in [1.54, 1.807) is 6.07 Å². The molecule has 0 spiro atoms. The van der Waals surface area contributed by atoms with Crippen molar-refractivity contribution < 1.29 is 0 Å². The molecule has 1 heterocycles. The highest BCUT2D eigenvalue weighted by Crippen LogP contribution is 2.46. The number of aromatic nitrogens is 4. The van der Waals surface area contributed by atoms with Gasteiger partial charge in [-0.1, -0.05) is 31.9 Å². The summed E-state index contributed by atoms with van der Waals surface area (Å²) in [7, 11) is 0. The molecule has 2 aromatic rings. The van der Waals surface area contributed by atoms with Crippen LogP contribution in [0, 0.1) is 5.41 Å². The Kier molecular flexibility index (Phi) is 3.17. The molecule has 0 saturated heterocycles. The van der Waals surface area contributed by atoms with Gasteiger partial charge in [0, 0.05) is 5.56 Å². The van der Waals surface area contributed by atoms with Gasteiger partial charge in [0.05, 0.1) is 16.8 Å². The van der Waals surface area contributed by atoms with Crippen molar-refractivity contribution in [1.82, 2.24) is 20.2 Å². The van der Waals surface area contributed by atoms with Gasteiger partial charge in [-0.2, -0.15) is 0 Å². The number of nitrogen functional groups attached to an aromatic ring is 1. The van der Waals surface area contributed by atoms with Gasteiger partial charge < -0.3 is 5.73 Å². The van der Waals surface area contributed by atoms with Crippen LogP contribution in [0.15, 0.2) is 18.2 Å². The largest absolute Gasteiger partial charge is 0.398 e. The summed E-state index contributed by atoms with van der Waals surface area (Å²) in [4.78, 5) is 0. The van der Waals surface area contributed by atoms with Gasteiger partial charge in [-0.05, 0) is 46.9 Å². The topological polar surface area (TPSA) is 69.6 Å². The molecule has 5 nitrogen and oxygen atoms in total. The minimum absolute atomic E-state index is 0.210. The normalized spacial score (nSPS) is 21.2. The van der Waals surface area contributed by atoms with Crippen molar-refractivity contribution >= 4 is 17.3 Å². The molecule has 6 heteroatoms. The number of anilines is 1. The summed E-state index contributed by atoms with van der Waals surface area (Å²) < 4.78 is 1.94. The molecular formula is C14H18ClN5. The zero-order valence-electron chi connectivity index (χ0n) is 11.7. The van der Waals surface area contributed by atoms with E-state index in [4.69, 9.17) is 17.3 Å². The van der Waals surface area contributed by atoms with Crippen molar-refractivity contribution in [2.24, 2.45) is 5.41 Å². The minimum Gasteiger partial charge on any atom is -0.398 e. The molecule has 1 saturated carbocycles. The van der Waals surface area contributed by atoms with E-state index in [1.165, 1.54) is 12.8 Å². The Bertz CT molecular complexity index is 634. The Balaban J connectivity index is 2.04. The zero-order valence-corrected chi connectivity index (χ0v) is 12.4. The number of rotatable bonds is 2. The van der Waals surface area contributed by atoms with Crippen LogP contribution in [0.3, 0.4) is 0 Å². The SMILES string of the molecule is CC1(C)CCCC1n1nnnc1-c1ccc(N)c(Cl)c1. The van der Waals surface area contributed by atoms with Crippen LogP contribution in [0.1, 0.15) is 39.2 Å². The van der Waals surface area contributed by atoms with Gasteiger partial charge >= 0.3 is 0 Å². The summed E-state index contributed by atoms with van der Waals surface area (Å²) in [6.07, 6.45) is 3.51. The number of tetrazole rings is 1. The minimum atomic E-state index is 0.210. The lowest BCUT2D eigenvalue weighted by Crippen LogP contribution is -2.23. The average Bonchev–Trinajstić information content (AvgIpc) is 2.98. The summed E-state index contributed by atoms with van der Waals surface area (Å²) in [5.74, 6) is 0.756. The molecule has 0 radical (unpaired) electrons. The first-order chi connectivity index (χ1) is 9.49. The molecular weight excluding hydrogens is 274 g/mol. The maximum Gasteiger partial charge on any atom is 0.182 e. The van der Waals surface area contributed by atoms with Crippen LogP contribution in [0.25, 0.3) is 11.4 Å². The quantitative estimate of drug-likeness (QED) is 0.862. The first kappa shape index (κ1) is 13.4. The van der Waals surface area contributed by atoms with Gasteiger partial charge in [0.25, 0.3) is 0 Å². The summed E-state index contributed by atoms with van der Waals surface area (Å²) in [5, 5.41) is 12.8. The van der Waals surface area contributed by atoms with E-state index in [0.29, 0.717) is 16.8 Å². The van der Waals surface area contributed by atoms with Crippen molar-refractivity contribution in [1.29, 1.82) is 0 Å². The van der Waals surface area contributed by atoms with Crippen molar-refractivity contribution in [2.45, 2.75) is 39.2 Å². The van der Waals surface area contributed by atoms with Gasteiger partial charge in [-0.15, -0.1) is 5.10 Å². The van der Waals surface area contributed by atoms with Crippen LogP contribution < -0.4 is 5.73 Å². The molecule has 1 unspecified atom stereocenters. The van der Waals surface area contributed by atoms with Gasteiger partial charge in [-0.25, -0.2) is 4.68 Å². The predicted octanol–water partition coefficient (Wildman–Crippen LogP) is 3.33. The number of hydrogen-bond acceptors (Lipinski definition) is 4. The molecule has 0 aliphatic heterocycles. The van der Waals surface area contributed by atoms with E-state index in [2.05, 4.69) is 29.4 Å². The Morgan fingerprint density at radius 2 is 2.20 bits per heavy atom. The molecule has 1 aliphatic carbocycles. The van der Waals surface area contributed by atoms with Crippen LogP contribution >= 0.6 is 11.6 Å². The van der Waals surface area contributed by atoms with E-state index < -0.39 is 0 Å². The fourth-order valence-corrected chi connectivity index (χ4v) is 3.20. The highest BCUT2D eigenvalue weighted by Gasteiger charge is 2.38. The van der Waals surface area contributed by atoms with Crippen LogP contribution in [-0.2, 0) is 0 Å². The van der Waals surface area contributed by atoms with E-state index in [0.717, 1.165) is 17.8 Å². The summed E-state index contributed by atoms with van der Waals surface area (Å²) >= 11 is 6.10. The fraction of sp³-hybridized carbons (Fsp3) is 0.500. The van der Waals surface area contributed by atoms with E-state index in [9.17, 15) is 0 Å². The van der Waals surface area contributed by atoms with E-state index >= 15 is 0 Å². The lowest BCUT2D eigenvalue weighted by atomic mass is 9.87. The molecule has 2 N–H and O–H groups in total. The summed E-state index contributed by atoms with van der Waals surface area (Å²) in [6.45, 7) is 4.54.